The van der Waals surface area contributed by atoms with Crippen LogP contribution in [0, 0.1) is 16.0 Å². The molecule has 1 amide bonds. The van der Waals surface area contributed by atoms with Gasteiger partial charge in [0.15, 0.2) is 0 Å². The Hall–Kier alpha value is -2.15. The number of carbonyl (C=O) groups is 1. The van der Waals surface area contributed by atoms with Crippen molar-refractivity contribution in [3.63, 3.8) is 0 Å². The molecule has 1 aliphatic rings. The molecule has 0 radical (unpaired) electrons. The average Bonchev–Trinajstić information content (AvgIpc) is 2.47. The van der Waals surface area contributed by atoms with Gasteiger partial charge in [0.25, 0.3) is 11.6 Å². The van der Waals surface area contributed by atoms with Crippen LogP contribution in [0.1, 0.15) is 30.1 Å². The molecule has 2 rings (SSSR count). The molecule has 0 aromatic heterocycles. The first-order valence-electron chi connectivity index (χ1n) is 6.85. The standard InChI is InChI=1S/C14H18N2O5/c1-9(10-4-6-21-7-5-10)15-14(18)12-8-11(17)2-3-13(12)16(19)20/h2-3,8-10,17H,4-7H2,1H3,(H,15,18). The average molecular weight is 294 g/mol. The van der Waals surface area contributed by atoms with Crippen molar-refractivity contribution in [2.75, 3.05) is 13.2 Å². The van der Waals surface area contributed by atoms with Crippen molar-refractivity contribution < 1.29 is 19.6 Å². The van der Waals surface area contributed by atoms with E-state index >= 15 is 0 Å². The van der Waals surface area contributed by atoms with Crippen LogP contribution in [0.15, 0.2) is 18.2 Å². The Labute approximate surface area is 122 Å². The van der Waals surface area contributed by atoms with Gasteiger partial charge in [0, 0.05) is 25.3 Å². The monoisotopic (exact) mass is 294 g/mol. The molecule has 21 heavy (non-hydrogen) atoms. The normalized spacial score (nSPS) is 17.2. The molecule has 1 heterocycles. The second-order valence-corrected chi connectivity index (χ2v) is 5.17. The molecular weight excluding hydrogens is 276 g/mol. The number of hydrogen-bond acceptors (Lipinski definition) is 5. The maximum Gasteiger partial charge on any atom is 0.282 e. The highest BCUT2D eigenvalue weighted by Gasteiger charge is 2.26. The van der Waals surface area contributed by atoms with Gasteiger partial charge in [-0.15, -0.1) is 0 Å². The minimum atomic E-state index is -0.631. The number of ether oxygens (including phenoxy) is 1. The molecule has 1 fully saturated rings. The van der Waals surface area contributed by atoms with Crippen LogP contribution in [0.3, 0.4) is 0 Å². The number of phenols is 1. The Morgan fingerprint density at radius 2 is 2.14 bits per heavy atom. The van der Waals surface area contributed by atoms with Gasteiger partial charge in [-0.2, -0.15) is 0 Å². The van der Waals surface area contributed by atoms with E-state index in [1.807, 2.05) is 6.92 Å². The zero-order chi connectivity index (χ0) is 15.4. The first kappa shape index (κ1) is 15.2. The predicted octanol–water partition coefficient (Wildman–Crippen LogP) is 1.85. The lowest BCUT2D eigenvalue weighted by atomic mass is 9.92. The molecule has 1 aromatic carbocycles. The minimum Gasteiger partial charge on any atom is -0.508 e. The number of nitrogens with zero attached hydrogens (tertiary/aromatic N) is 1. The van der Waals surface area contributed by atoms with Crippen LogP contribution < -0.4 is 5.32 Å². The molecule has 0 aliphatic carbocycles. The molecular formula is C14H18N2O5. The maximum atomic E-state index is 12.2. The van der Waals surface area contributed by atoms with E-state index in [-0.39, 0.29) is 23.0 Å². The molecule has 0 saturated carbocycles. The van der Waals surface area contributed by atoms with Gasteiger partial charge < -0.3 is 15.2 Å². The second kappa shape index (κ2) is 6.53. The van der Waals surface area contributed by atoms with E-state index in [0.717, 1.165) is 25.0 Å². The molecule has 1 aliphatic heterocycles. The number of carbonyl (C=O) groups excluding carboxylic acids is 1. The Morgan fingerprint density at radius 1 is 1.48 bits per heavy atom. The van der Waals surface area contributed by atoms with Crippen LogP contribution >= 0.6 is 0 Å². The molecule has 0 bridgehead atoms. The minimum absolute atomic E-state index is 0.108. The number of nitro benzene ring substituents is 1. The summed E-state index contributed by atoms with van der Waals surface area (Å²) in [7, 11) is 0. The van der Waals surface area contributed by atoms with Gasteiger partial charge in [-0.1, -0.05) is 0 Å². The van der Waals surface area contributed by atoms with Crippen LogP contribution in [-0.4, -0.2) is 35.2 Å². The third kappa shape index (κ3) is 3.69. The highest BCUT2D eigenvalue weighted by Crippen LogP contribution is 2.24. The number of amides is 1. The molecule has 0 spiro atoms. The summed E-state index contributed by atoms with van der Waals surface area (Å²) < 4.78 is 5.27. The van der Waals surface area contributed by atoms with Gasteiger partial charge in [-0.05, 0) is 37.8 Å². The number of benzene rings is 1. The summed E-state index contributed by atoms with van der Waals surface area (Å²) in [6, 6.07) is 3.33. The fourth-order valence-corrected chi connectivity index (χ4v) is 2.48. The van der Waals surface area contributed by atoms with Gasteiger partial charge in [0.2, 0.25) is 0 Å². The molecule has 1 aromatic rings. The third-order valence-corrected chi connectivity index (χ3v) is 3.75. The Morgan fingerprint density at radius 3 is 2.76 bits per heavy atom. The Bertz CT molecular complexity index is 540. The number of rotatable bonds is 4. The molecule has 114 valence electrons. The van der Waals surface area contributed by atoms with E-state index < -0.39 is 10.8 Å². The summed E-state index contributed by atoms with van der Waals surface area (Å²) in [6.45, 7) is 3.21. The van der Waals surface area contributed by atoms with Crippen molar-refractivity contribution in [3.05, 3.63) is 33.9 Å². The SMILES string of the molecule is CC(NC(=O)c1cc(O)ccc1[N+](=O)[O-])C1CCOCC1. The molecule has 7 nitrogen and oxygen atoms in total. The largest absolute Gasteiger partial charge is 0.508 e. The van der Waals surface area contributed by atoms with Crippen molar-refractivity contribution in [2.45, 2.75) is 25.8 Å². The highest BCUT2D eigenvalue weighted by atomic mass is 16.6. The summed E-state index contributed by atoms with van der Waals surface area (Å²) in [5.74, 6) is -0.430. The van der Waals surface area contributed by atoms with Crippen LogP contribution in [0.5, 0.6) is 5.75 Å². The summed E-state index contributed by atoms with van der Waals surface area (Å²) >= 11 is 0. The third-order valence-electron chi connectivity index (χ3n) is 3.75. The van der Waals surface area contributed by atoms with E-state index in [2.05, 4.69) is 5.32 Å². The van der Waals surface area contributed by atoms with E-state index in [9.17, 15) is 20.0 Å². The quantitative estimate of drug-likeness (QED) is 0.651. The lowest BCUT2D eigenvalue weighted by Gasteiger charge is -2.28. The number of nitro groups is 1. The van der Waals surface area contributed by atoms with Crippen molar-refractivity contribution in [1.82, 2.24) is 5.32 Å². The van der Waals surface area contributed by atoms with E-state index in [0.29, 0.717) is 19.1 Å². The van der Waals surface area contributed by atoms with Crippen LogP contribution in [0.25, 0.3) is 0 Å². The van der Waals surface area contributed by atoms with Gasteiger partial charge in [-0.3, -0.25) is 14.9 Å². The summed E-state index contributed by atoms with van der Waals surface area (Å²) in [5, 5.41) is 23.2. The molecule has 2 N–H and O–H groups in total. The van der Waals surface area contributed by atoms with Gasteiger partial charge in [0.1, 0.15) is 11.3 Å². The van der Waals surface area contributed by atoms with Crippen molar-refractivity contribution in [3.8, 4) is 5.75 Å². The topological polar surface area (TPSA) is 102 Å². The van der Waals surface area contributed by atoms with Gasteiger partial charge in [-0.25, -0.2) is 0 Å². The number of phenolic OH excluding ortho intramolecular Hbond substituents is 1. The zero-order valence-electron chi connectivity index (χ0n) is 11.7. The first-order chi connectivity index (χ1) is 9.99. The van der Waals surface area contributed by atoms with E-state index in [4.69, 9.17) is 4.74 Å². The van der Waals surface area contributed by atoms with Gasteiger partial charge in [0.05, 0.1) is 4.92 Å². The molecule has 7 heteroatoms. The summed E-state index contributed by atoms with van der Waals surface area (Å²) in [4.78, 5) is 22.5. The number of hydrogen-bond donors (Lipinski definition) is 2. The zero-order valence-corrected chi connectivity index (χ0v) is 11.7. The first-order valence-corrected chi connectivity index (χ1v) is 6.85. The lowest BCUT2D eigenvalue weighted by Crippen LogP contribution is -2.40. The van der Waals surface area contributed by atoms with E-state index in [1.54, 1.807) is 0 Å². The van der Waals surface area contributed by atoms with Gasteiger partial charge >= 0.3 is 0 Å². The van der Waals surface area contributed by atoms with Crippen LogP contribution in [0.2, 0.25) is 0 Å². The highest BCUT2D eigenvalue weighted by molar-refractivity contribution is 5.98. The van der Waals surface area contributed by atoms with Crippen LogP contribution in [-0.2, 0) is 4.74 Å². The summed E-state index contributed by atoms with van der Waals surface area (Å²) in [6.07, 6.45) is 1.70. The van der Waals surface area contributed by atoms with Crippen molar-refractivity contribution in [2.24, 2.45) is 5.92 Å². The molecule has 1 atom stereocenters. The van der Waals surface area contributed by atoms with Crippen molar-refractivity contribution >= 4 is 11.6 Å². The number of aromatic hydroxyl groups is 1. The maximum absolute atomic E-state index is 12.2. The fraction of sp³-hybridized carbons (Fsp3) is 0.500. The lowest BCUT2D eigenvalue weighted by molar-refractivity contribution is -0.385. The predicted molar refractivity (Wildman–Crippen MR) is 75.2 cm³/mol. The van der Waals surface area contributed by atoms with Crippen molar-refractivity contribution in [1.29, 1.82) is 0 Å². The van der Waals surface area contributed by atoms with E-state index in [1.165, 1.54) is 6.07 Å². The Balaban J connectivity index is 2.12. The second-order valence-electron chi connectivity index (χ2n) is 5.17. The summed E-state index contributed by atoms with van der Waals surface area (Å²) in [5.41, 5.74) is -0.441. The number of nitrogens with one attached hydrogen (secondary N) is 1. The molecule has 1 saturated heterocycles. The Kier molecular flexibility index (Phi) is 4.74. The van der Waals surface area contributed by atoms with Crippen LogP contribution in [0.4, 0.5) is 5.69 Å². The molecule has 1 unspecified atom stereocenters. The smallest absolute Gasteiger partial charge is 0.282 e. The fourth-order valence-electron chi connectivity index (χ4n) is 2.48.